The molecule has 6 heteroatoms. The van der Waals surface area contributed by atoms with Gasteiger partial charge in [0.1, 0.15) is 18.4 Å². The number of hydrogen-bond acceptors (Lipinski definition) is 4. The molecular formula is C25H32N2O4. The molecule has 0 aromatic heterocycles. The van der Waals surface area contributed by atoms with E-state index in [9.17, 15) is 9.59 Å². The molecule has 0 radical (unpaired) electrons. The zero-order valence-electron chi connectivity index (χ0n) is 18.5. The van der Waals surface area contributed by atoms with Crippen molar-refractivity contribution in [3.63, 3.8) is 0 Å². The number of hydrogen-bond donors (Lipinski definition) is 1. The molecule has 0 saturated carbocycles. The Kier molecular flexibility index (Phi) is 7.93. The van der Waals surface area contributed by atoms with Crippen LogP contribution in [0.4, 0.5) is 4.79 Å². The molecule has 0 bridgehead atoms. The number of benzene rings is 2. The highest BCUT2D eigenvalue weighted by Crippen LogP contribution is 2.29. The largest absolute Gasteiger partial charge is 0.497 e. The minimum Gasteiger partial charge on any atom is -0.497 e. The molecule has 1 unspecified atom stereocenters. The Hall–Kier alpha value is -3.02. The lowest BCUT2D eigenvalue weighted by molar-refractivity contribution is -0.133. The van der Waals surface area contributed by atoms with Gasteiger partial charge in [0.2, 0.25) is 5.91 Å². The van der Waals surface area contributed by atoms with Crippen molar-refractivity contribution in [3.05, 3.63) is 65.7 Å². The monoisotopic (exact) mass is 424 g/mol. The van der Waals surface area contributed by atoms with Crippen LogP contribution in [0.1, 0.15) is 43.7 Å². The van der Waals surface area contributed by atoms with Crippen LogP contribution in [-0.2, 0) is 16.1 Å². The number of nitrogens with one attached hydrogen (secondary N) is 1. The standard InChI is InChI=1S/C25H32N2O4/c1-4-18(2)23(26-25(29)31-17-19-8-6-5-7-9-19)24(28)27-15-14-21(16-27)20-10-12-22(30-3)13-11-20/h5-13,18,21,23H,4,14-17H2,1-3H3,(H,26,29)/t18-,21?,23-/m0/s1. The number of nitrogens with zero attached hydrogens (tertiary/aromatic N) is 1. The number of amides is 2. The zero-order chi connectivity index (χ0) is 22.2. The summed E-state index contributed by atoms with van der Waals surface area (Å²) >= 11 is 0. The van der Waals surface area contributed by atoms with Crippen molar-refractivity contribution in [2.75, 3.05) is 20.2 Å². The van der Waals surface area contributed by atoms with Gasteiger partial charge in [0.05, 0.1) is 7.11 Å². The molecule has 2 aromatic carbocycles. The Morgan fingerprint density at radius 3 is 2.48 bits per heavy atom. The summed E-state index contributed by atoms with van der Waals surface area (Å²) in [5.74, 6) is 1.08. The van der Waals surface area contributed by atoms with Gasteiger partial charge < -0.3 is 19.7 Å². The van der Waals surface area contributed by atoms with Gasteiger partial charge >= 0.3 is 6.09 Å². The van der Waals surface area contributed by atoms with Gasteiger partial charge in [0, 0.05) is 19.0 Å². The SMILES string of the molecule is CC[C@H](C)[C@H](NC(=O)OCc1ccccc1)C(=O)N1CCC(c2ccc(OC)cc2)C1. The maximum absolute atomic E-state index is 13.3. The van der Waals surface area contributed by atoms with E-state index in [0.717, 1.165) is 24.2 Å². The summed E-state index contributed by atoms with van der Waals surface area (Å²) in [6.07, 6.45) is 1.13. The molecule has 2 amide bonds. The molecule has 0 aliphatic carbocycles. The van der Waals surface area contributed by atoms with E-state index >= 15 is 0 Å². The number of alkyl carbamates (subject to hydrolysis) is 1. The first-order valence-corrected chi connectivity index (χ1v) is 10.9. The van der Waals surface area contributed by atoms with Crippen LogP contribution in [0.2, 0.25) is 0 Å². The molecule has 1 heterocycles. The quantitative estimate of drug-likeness (QED) is 0.684. The fraction of sp³-hybridized carbons (Fsp3) is 0.440. The predicted octanol–water partition coefficient (Wildman–Crippen LogP) is 4.35. The zero-order valence-corrected chi connectivity index (χ0v) is 18.5. The smallest absolute Gasteiger partial charge is 0.408 e. The minimum atomic E-state index is -0.595. The molecule has 2 aromatic rings. The van der Waals surface area contributed by atoms with Crippen molar-refractivity contribution in [1.82, 2.24) is 10.2 Å². The highest BCUT2D eigenvalue weighted by atomic mass is 16.5. The van der Waals surface area contributed by atoms with Crippen LogP contribution in [0.25, 0.3) is 0 Å². The van der Waals surface area contributed by atoms with Crippen molar-refractivity contribution in [2.45, 2.75) is 45.3 Å². The van der Waals surface area contributed by atoms with E-state index in [4.69, 9.17) is 9.47 Å². The van der Waals surface area contributed by atoms with Crippen LogP contribution < -0.4 is 10.1 Å². The third-order valence-electron chi connectivity index (χ3n) is 6.05. The number of rotatable bonds is 8. The van der Waals surface area contributed by atoms with Gasteiger partial charge in [-0.15, -0.1) is 0 Å². The number of likely N-dealkylation sites (tertiary alicyclic amines) is 1. The molecule has 1 saturated heterocycles. The second kappa shape index (κ2) is 10.8. The number of carbonyl (C=O) groups excluding carboxylic acids is 2. The second-order valence-corrected chi connectivity index (χ2v) is 8.11. The van der Waals surface area contributed by atoms with Gasteiger partial charge in [-0.1, -0.05) is 62.7 Å². The van der Waals surface area contributed by atoms with Gasteiger partial charge in [0.15, 0.2) is 0 Å². The first-order valence-electron chi connectivity index (χ1n) is 10.9. The summed E-state index contributed by atoms with van der Waals surface area (Å²) in [7, 11) is 1.65. The first kappa shape index (κ1) is 22.7. The molecule has 1 aliphatic rings. The highest BCUT2D eigenvalue weighted by molar-refractivity contribution is 5.86. The molecule has 0 spiro atoms. The van der Waals surface area contributed by atoms with Crippen molar-refractivity contribution >= 4 is 12.0 Å². The van der Waals surface area contributed by atoms with Gasteiger partial charge in [-0.2, -0.15) is 0 Å². The Balaban J connectivity index is 1.59. The molecule has 31 heavy (non-hydrogen) atoms. The van der Waals surface area contributed by atoms with Gasteiger partial charge in [-0.3, -0.25) is 4.79 Å². The van der Waals surface area contributed by atoms with Crippen LogP contribution in [0.15, 0.2) is 54.6 Å². The average molecular weight is 425 g/mol. The van der Waals surface area contributed by atoms with Crippen LogP contribution in [0, 0.1) is 5.92 Å². The Morgan fingerprint density at radius 1 is 1.13 bits per heavy atom. The van der Waals surface area contributed by atoms with E-state index in [-0.39, 0.29) is 24.3 Å². The fourth-order valence-electron chi connectivity index (χ4n) is 3.88. The summed E-state index contributed by atoms with van der Waals surface area (Å²) in [4.78, 5) is 27.5. The number of ether oxygens (including phenoxy) is 2. The topological polar surface area (TPSA) is 67.9 Å². The van der Waals surface area contributed by atoms with E-state index in [2.05, 4.69) is 17.4 Å². The molecule has 3 atom stereocenters. The Morgan fingerprint density at radius 2 is 1.84 bits per heavy atom. The summed E-state index contributed by atoms with van der Waals surface area (Å²) in [6, 6.07) is 16.9. The van der Waals surface area contributed by atoms with E-state index < -0.39 is 12.1 Å². The van der Waals surface area contributed by atoms with Gasteiger partial charge in [-0.25, -0.2) is 4.79 Å². The Bertz CT molecular complexity index is 854. The third kappa shape index (κ3) is 6.00. The summed E-state index contributed by atoms with van der Waals surface area (Å²) in [5, 5.41) is 2.82. The van der Waals surface area contributed by atoms with Crippen molar-refractivity contribution < 1.29 is 19.1 Å². The van der Waals surface area contributed by atoms with Crippen molar-refractivity contribution in [2.24, 2.45) is 5.92 Å². The normalized spacial score (nSPS) is 17.6. The van der Waals surface area contributed by atoms with Crippen LogP contribution >= 0.6 is 0 Å². The third-order valence-corrected chi connectivity index (χ3v) is 6.05. The molecule has 1 fully saturated rings. The van der Waals surface area contributed by atoms with Crippen LogP contribution in [-0.4, -0.2) is 43.1 Å². The predicted molar refractivity (Wildman–Crippen MR) is 120 cm³/mol. The minimum absolute atomic E-state index is 0.0109. The van der Waals surface area contributed by atoms with Gasteiger partial charge in [-0.05, 0) is 35.6 Å². The second-order valence-electron chi connectivity index (χ2n) is 8.11. The summed E-state index contributed by atoms with van der Waals surface area (Å²) in [6.45, 7) is 5.52. The molecule has 3 rings (SSSR count). The van der Waals surface area contributed by atoms with E-state index in [1.807, 2.05) is 61.2 Å². The number of carbonyl (C=O) groups is 2. The lowest BCUT2D eigenvalue weighted by Gasteiger charge is -2.28. The number of methoxy groups -OCH3 is 1. The van der Waals surface area contributed by atoms with Crippen molar-refractivity contribution in [1.29, 1.82) is 0 Å². The maximum Gasteiger partial charge on any atom is 0.408 e. The van der Waals surface area contributed by atoms with Gasteiger partial charge in [0.25, 0.3) is 0 Å². The summed E-state index contributed by atoms with van der Waals surface area (Å²) in [5.41, 5.74) is 2.11. The Labute approximate surface area is 184 Å². The molecular weight excluding hydrogens is 392 g/mol. The van der Waals surface area contributed by atoms with E-state index in [1.165, 1.54) is 5.56 Å². The molecule has 1 aliphatic heterocycles. The lowest BCUT2D eigenvalue weighted by Crippen LogP contribution is -2.51. The van der Waals surface area contributed by atoms with Crippen LogP contribution in [0.5, 0.6) is 5.75 Å². The van der Waals surface area contributed by atoms with Crippen molar-refractivity contribution in [3.8, 4) is 5.75 Å². The fourth-order valence-corrected chi connectivity index (χ4v) is 3.88. The average Bonchev–Trinajstić information content (AvgIpc) is 3.31. The first-order chi connectivity index (χ1) is 15.0. The lowest BCUT2D eigenvalue weighted by atomic mass is 9.97. The van der Waals surface area contributed by atoms with Crippen LogP contribution in [0.3, 0.4) is 0 Å². The van der Waals surface area contributed by atoms with E-state index in [1.54, 1.807) is 7.11 Å². The van der Waals surface area contributed by atoms with E-state index in [0.29, 0.717) is 13.1 Å². The molecule has 1 N–H and O–H groups in total. The molecule has 166 valence electrons. The molecule has 6 nitrogen and oxygen atoms in total. The maximum atomic E-state index is 13.3. The highest BCUT2D eigenvalue weighted by Gasteiger charge is 2.34. The summed E-state index contributed by atoms with van der Waals surface area (Å²) < 4.78 is 10.6.